The zero-order valence-corrected chi connectivity index (χ0v) is 24.3. The van der Waals surface area contributed by atoms with E-state index in [2.05, 4.69) is 10.1 Å². The van der Waals surface area contributed by atoms with Crippen LogP contribution in [0, 0.1) is 5.41 Å². The van der Waals surface area contributed by atoms with Crippen molar-refractivity contribution in [3.8, 4) is 23.0 Å². The summed E-state index contributed by atoms with van der Waals surface area (Å²) in [4.78, 5) is 17.1. The SMILES string of the molecule is CCOc1cc(/C=C2/C(=N)N3N=C(c4ccccc4Cl)SC3=NC2=O)cc(Cl)c1OCCOc1cccc(OC)c1. The second-order valence-electron chi connectivity index (χ2n) is 8.54. The lowest BCUT2D eigenvalue weighted by atomic mass is 10.1. The highest BCUT2D eigenvalue weighted by atomic mass is 35.5. The molecule has 3 aromatic carbocycles. The van der Waals surface area contributed by atoms with Crippen LogP contribution in [0.2, 0.25) is 10.0 Å². The summed E-state index contributed by atoms with van der Waals surface area (Å²) in [5.41, 5.74) is 1.28. The minimum absolute atomic E-state index is 0.0531. The Bertz CT molecular complexity index is 1610. The quantitative estimate of drug-likeness (QED) is 0.205. The summed E-state index contributed by atoms with van der Waals surface area (Å²) in [5, 5.41) is 16.1. The van der Waals surface area contributed by atoms with Crippen LogP contribution in [-0.2, 0) is 4.79 Å². The third-order valence-corrected chi connectivity index (χ3v) is 7.39. The Morgan fingerprint density at radius 3 is 2.54 bits per heavy atom. The van der Waals surface area contributed by atoms with E-state index in [1.54, 1.807) is 31.4 Å². The Balaban J connectivity index is 1.33. The number of nitrogens with zero attached hydrogens (tertiary/aromatic N) is 3. The van der Waals surface area contributed by atoms with Crippen molar-refractivity contribution in [1.82, 2.24) is 5.01 Å². The van der Waals surface area contributed by atoms with Crippen LogP contribution in [0.5, 0.6) is 23.0 Å². The van der Waals surface area contributed by atoms with Gasteiger partial charge < -0.3 is 18.9 Å². The molecule has 0 saturated heterocycles. The molecule has 0 radical (unpaired) electrons. The topological polar surface area (TPSA) is 106 Å². The lowest BCUT2D eigenvalue weighted by Crippen LogP contribution is -2.35. The first kappa shape index (κ1) is 28.5. The molecule has 12 heteroatoms. The molecule has 210 valence electrons. The van der Waals surface area contributed by atoms with E-state index in [0.717, 1.165) is 0 Å². The van der Waals surface area contributed by atoms with Crippen molar-refractivity contribution in [3.63, 3.8) is 0 Å². The normalized spacial score (nSPS) is 15.4. The second kappa shape index (κ2) is 12.7. The number of carbonyl (C=O) groups is 1. The number of nitrogens with one attached hydrogen (secondary N) is 1. The van der Waals surface area contributed by atoms with Crippen molar-refractivity contribution in [1.29, 1.82) is 5.41 Å². The van der Waals surface area contributed by atoms with Gasteiger partial charge in [-0.2, -0.15) is 15.1 Å². The van der Waals surface area contributed by atoms with Crippen LogP contribution in [0.15, 0.2) is 76.3 Å². The molecule has 0 fully saturated rings. The second-order valence-corrected chi connectivity index (χ2v) is 10.3. The zero-order chi connectivity index (χ0) is 28.9. The summed E-state index contributed by atoms with van der Waals surface area (Å²) in [6.45, 7) is 2.67. The smallest absolute Gasteiger partial charge is 0.283 e. The number of hydrogen-bond acceptors (Lipinski definition) is 8. The maximum absolute atomic E-state index is 12.9. The van der Waals surface area contributed by atoms with Crippen LogP contribution in [0.3, 0.4) is 0 Å². The molecule has 1 amide bonds. The first-order valence-electron chi connectivity index (χ1n) is 12.5. The fourth-order valence-corrected chi connectivity index (χ4v) is 5.46. The lowest BCUT2D eigenvalue weighted by molar-refractivity contribution is -0.114. The standard InChI is InChI=1S/C29H24Cl2N4O5S/c1-3-38-24-15-17(14-23(31)25(24)40-12-11-39-19-8-6-7-18(16-19)37-2)13-21-26(32)35-29(33-27(21)36)41-28(34-35)20-9-4-5-10-22(20)30/h4-10,13-16,32H,3,11-12H2,1-2H3/b21-13-,32-26?. The molecule has 0 spiro atoms. The summed E-state index contributed by atoms with van der Waals surface area (Å²) in [6.07, 6.45) is 1.53. The molecule has 0 aliphatic carbocycles. The number of hydrazone groups is 1. The van der Waals surface area contributed by atoms with Gasteiger partial charge in [-0.15, -0.1) is 0 Å². The van der Waals surface area contributed by atoms with Gasteiger partial charge in [0.05, 0.1) is 29.3 Å². The van der Waals surface area contributed by atoms with Crippen LogP contribution < -0.4 is 18.9 Å². The van der Waals surface area contributed by atoms with Gasteiger partial charge in [0.25, 0.3) is 5.91 Å². The number of halogens is 2. The molecule has 5 rings (SSSR count). The van der Waals surface area contributed by atoms with E-state index in [9.17, 15) is 4.79 Å². The van der Waals surface area contributed by atoms with Crippen LogP contribution >= 0.6 is 35.0 Å². The Hall–Kier alpha value is -3.99. The van der Waals surface area contributed by atoms with Gasteiger partial charge in [0, 0.05) is 11.6 Å². The molecule has 2 heterocycles. The minimum atomic E-state index is -0.562. The maximum atomic E-state index is 12.9. The molecule has 0 atom stereocenters. The highest BCUT2D eigenvalue weighted by molar-refractivity contribution is 8.27. The number of benzene rings is 3. The summed E-state index contributed by atoms with van der Waals surface area (Å²) in [5.74, 6) is 1.41. The first-order valence-corrected chi connectivity index (χ1v) is 14.1. The van der Waals surface area contributed by atoms with E-state index >= 15 is 0 Å². The lowest BCUT2D eigenvalue weighted by Gasteiger charge is -2.20. The molecule has 9 nitrogen and oxygen atoms in total. The van der Waals surface area contributed by atoms with E-state index < -0.39 is 5.91 Å². The van der Waals surface area contributed by atoms with Gasteiger partial charge in [0.15, 0.2) is 17.3 Å². The van der Waals surface area contributed by atoms with Crippen molar-refractivity contribution in [2.24, 2.45) is 10.1 Å². The molecule has 0 saturated carbocycles. The summed E-state index contributed by atoms with van der Waals surface area (Å²) >= 11 is 14.1. The molecule has 2 aliphatic heterocycles. The van der Waals surface area contributed by atoms with Crippen LogP contribution in [-0.4, -0.2) is 53.9 Å². The highest BCUT2D eigenvalue weighted by Gasteiger charge is 2.36. The number of amides is 1. The monoisotopic (exact) mass is 610 g/mol. The van der Waals surface area contributed by atoms with Crippen LogP contribution in [0.25, 0.3) is 6.08 Å². The number of amidine groups is 2. The molecule has 0 unspecified atom stereocenters. The Morgan fingerprint density at radius 1 is 0.976 bits per heavy atom. The van der Waals surface area contributed by atoms with E-state index in [1.165, 1.54) is 22.8 Å². The number of fused-ring (bicyclic) bond motifs is 1. The fraction of sp³-hybridized carbons (Fsp3) is 0.172. The van der Waals surface area contributed by atoms with E-state index in [-0.39, 0.29) is 29.6 Å². The molecule has 1 N–H and O–H groups in total. The van der Waals surface area contributed by atoms with Crippen molar-refractivity contribution in [2.75, 3.05) is 26.9 Å². The zero-order valence-electron chi connectivity index (χ0n) is 22.0. The predicted molar refractivity (Wildman–Crippen MR) is 162 cm³/mol. The molecular weight excluding hydrogens is 587 g/mol. The molecular formula is C29H24Cl2N4O5S. The average Bonchev–Trinajstić information content (AvgIpc) is 3.39. The van der Waals surface area contributed by atoms with Gasteiger partial charge in [-0.3, -0.25) is 10.2 Å². The minimum Gasteiger partial charge on any atom is -0.497 e. The largest absolute Gasteiger partial charge is 0.497 e. The predicted octanol–water partition coefficient (Wildman–Crippen LogP) is 6.53. The van der Waals surface area contributed by atoms with Gasteiger partial charge in [0.1, 0.15) is 29.8 Å². The van der Waals surface area contributed by atoms with E-state index in [0.29, 0.717) is 56.0 Å². The number of carbonyl (C=O) groups excluding carboxylic acids is 1. The van der Waals surface area contributed by atoms with E-state index in [1.807, 2.05) is 43.3 Å². The van der Waals surface area contributed by atoms with Crippen molar-refractivity contribution < 1.29 is 23.7 Å². The highest BCUT2D eigenvalue weighted by Crippen LogP contribution is 2.38. The molecule has 41 heavy (non-hydrogen) atoms. The summed E-state index contributed by atoms with van der Waals surface area (Å²) < 4.78 is 22.6. The number of ether oxygens (including phenoxy) is 4. The molecule has 0 bridgehead atoms. The van der Waals surface area contributed by atoms with Gasteiger partial charge in [-0.1, -0.05) is 47.5 Å². The summed E-state index contributed by atoms with van der Waals surface area (Å²) in [7, 11) is 1.59. The number of methoxy groups -OCH3 is 1. The Kier molecular flexibility index (Phi) is 8.82. The third-order valence-electron chi connectivity index (χ3n) is 5.84. The molecule has 2 aliphatic rings. The van der Waals surface area contributed by atoms with Crippen molar-refractivity contribution >= 4 is 63.0 Å². The van der Waals surface area contributed by atoms with Crippen molar-refractivity contribution in [2.45, 2.75) is 6.92 Å². The van der Waals surface area contributed by atoms with Crippen molar-refractivity contribution in [3.05, 3.63) is 87.4 Å². The van der Waals surface area contributed by atoms with Crippen LogP contribution in [0.1, 0.15) is 18.1 Å². The van der Waals surface area contributed by atoms with Gasteiger partial charge in [0.2, 0.25) is 5.17 Å². The Morgan fingerprint density at radius 2 is 1.76 bits per heavy atom. The number of rotatable bonds is 10. The van der Waals surface area contributed by atoms with Gasteiger partial charge in [-0.05, 0) is 60.7 Å². The van der Waals surface area contributed by atoms with Gasteiger partial charge >= 0.3 is 0 Å². The Labute approximate surface area is 250 Å². The number of thioether (sulfide) groups is 1. The number of aliphatic imine (C=N–C) groups is 1. The van der Waals surface area contributed by atoms with E-state index in [4.69, 9.17) is 47.6 Å². The maximum Gasteiger partial charge on any atom is 0.283 e. The molecule has 3 aromatic rings. The summed E-state index contributed by atoms with van der Waals surface area (Å²) in [6, 6.07) is 17.8. The molecule has 0 aromatic heterocycles. The van der Waals surface area contributed by atoms with Gasteiger partial charge in [-0.25, -0.2) is 0 Å². The third kappa shape index (κ3) is 6.35. The average molecular weight is 612 g/mol. The number of hydrogen-bond donors (Lipinski definition) is 1. The van der Waals surface area contributed by atoms with Crippen LogP contribution in [0.4, 0.5) is 0 Å². The first-order chi connectivity index (χ1) is 19.9. The fourth-order valence-electron chi connectivity index (χ4n) is 3.97.